The van der Waals surface area contributed by atoms with Crippen LogP contribution < -0.4 is 20.7 Å². The van der Waals surface area contributed by atoms with E-state index in [2.05, 4.69) is 62.9 Å². The summed E-state index contributed by atoms with van der Waals surface area (Å²) in [6, 6.07) is 14.8. The summed E-state index contributed by atoms with van der Waals surface area (Å²) in [6.45, 7) is 15.2. The van der Waals surface area contributed by atoms with Crippen molar-refractivity contribution in [1.82, 2.24) is 35.1 Å². The lowest BCUT2D eigenvalue weighted by molar-refractivity contribution is 0.0803. The van der Waals surface area contributed by atoms with E-state index >= 15 is 0 Å². The number of carbonyl (C=O) groups is 2. The first-order chi connectivity index (χ1) is 23.7. The predicted octanol–water partition coefficient (Wildman–Crippen LogP) is 5.68. The predicted molar refractivity (Wildman–Crippen MR) is 193 cm³/mol. The first-order valence-corrected chi connectivity index (χ1v) is 17.6. The molecular formula is C38H50N8O4. The molecule has 4 N–H and O–H groups in total. The molecule has 50 heavy (non-hydrogen) atoms. The zero-order valence-electron chi connectivity index (χ0n) is 30.0. The van der Waals surface area contributed by atoms with Crippen LogP contribution in [-0.2, 0) is 10.8 Å². The first kappa shape index (κ1) is 35.3. The van der Waals surface area contributed by atoms with Crippen LogP contribution in [0.2, 0.25) is 0 Å². The SMILES string of the molecule is CC(C)(C)c1cc(NC(=O)N[C@H]2CC[C@@H](Oc3ccc4nnc(C(C)(C)C)n4c3)c3ccccc32)cc(C(=O)NCCN2CCC(O)CC2)n1. The maximum Gasteiger partial charge on any atom is 0.319 e. The number of ether oxygens (including phenoxy) is 1. The summed E-state index contributed by atoms with van der Waals surface area (Å²) < 4.78 is 8.55. The lowest BCUT2D eigenvalue weighted by atomic mass is 9.85. The number of anilines is 1. The van der Waals surface area contributed by atoms with Gasteiger partial charge in [0.25, 0.3) is 5.91 Å². The van der Waals surface area contributed by atoms with E-state index in [1.165, 1.54) is 0 Å². The number of urea groups is 1. The Labute approximate surface area is 294 Å². The quantitative estimate of drug-likeness (QED) is 0.186. The minimum Gasteiger partial charge on any atom is -0.484 e. The van der Waals surface area contributed by atoms with E-state index in [4.69, 9.17) is 4.74 Å². The summed E-state index contributed by atoms with van der Waals surface area (Å²) >= 11 is 0. The molecule has 1 aromatic carbocycles. The number of pyridine rings is 2. The minimum absolute atomic E-state index is 0.174. The van der Waals surface area contributed by atoms with Gasteiger partial charge in [0, 0.05) is 48.4 Å². The molecule has 0 bridgehead atoms. The maximum absolute atomic E-state index is 13.5. The van der Waals surface area contributed by atoms with E-state index in [-0.39, 0.29) is 46.7 Å². The second kappa shape index (κ2) is 14.4. The van der Waals surface area contributed by atoms with Gasteiger partial charge in [0.1, 0.15) is 23.4 Å². The number of nitrogens with zero attached hydrogens (tertiary/aromatic N) is 5. The Balaban J connectivity index is 1.12. The maximum atomic E-state index is 13.5. The molecule has 0 spiro atoms. The van der Waals surface area contributed by atoms with Crippen LogP contribution in [0.15, 0.2) is 54.7 Å². The van der Waals surface area contributed by atoms with Gasteiger partial charge in [-0.05, 0) is 61.1 Å². The standard InChI is InChI=1S/C38H50N8O4/c1-37(2,3)32-22-24(21-30(41-32)34(48)39-17-20-45-18-15-25(47)16-19-45)40-36(49)42-29-12-13-31(28-10-8-7-9-27(28)29)50-26-11-14-33-43-44-35(38(4,5)6)46(33)23-26/h7-11,14,21-23,25,29,31,47H,12-13,15-20H2,1-6H3,(H,39,48)(H2,40,41,42,49)/t29-,31+/m0/s1. The molecule has 4 aromatic rings. The molecule has 0 saturated carbocycles. The Morgan fingerprint density at radius 2 is 1.66 bits per heavy atom. The highest BCUT2D eigenvalue weighted by atomic mass is 16.5. The first-order valence-electron chi connectivity index (χ1n) is 17.6. The third kappa shape index (κ3) is 8.24. The number of amides is 3. The van der Waals surface area contributed by atoms with Gasteiger partial charge in [-0.25, -0.2) is 9.78 Å². The zero-order chi connectivity index (χ0) is 35.6. The number of aliphatic hydroxyl groups is 1. The van der Waals surface area contributed by atoms with Crippen LogP contribution in [0.4, 0.5) is 10.5 Å². The number of hydrogen-bond acceptors (Lipinski definition) is 8. The fourth-order valence-corrected chi connectivity index (χ4v) is 6.63. The van der Waals surface area contributed by atoms with Gasteiger partial charge in [-0.1, -0.05) is 65.8 Å². The van der Waals surface area contributed by atoms with E-state index in [9.17, 15) is 14.7 Å². The second-order valence-electron chi connectivity index (χ2n) is 15.5. The number of piperidine rings is 1. The van der Waals surface area contributed by atoms with Crippen molar-refractivity contribution in [2.75, 3.05) is 31.5 Å². The highest BCUT2D eigenvalue weighted by molar-refractivity contribution is 5.95. The van der Waals surface area contributed by atoms with Crippen LogP contribution in [0.1, 0.15) is 113 Å². The minimum atomic E-state index is -0.360. The Morgan fingerprint density at radius 3 is 2.38 bits per heavy atom. The number of benzene rings is 1. The van der Waals surface area contributed by atoms with Crippen molar-refractivity contribution in [3.63, 3.8) is 0 Å². The molecule has 1 aliphatic carbocycles. The number of aliphatic hydroxyl groups excluding tert-OH is 1. The molecule has 3 aromatic heterocycles. The highest BCUT2D eigenvalue weighted by Crippen LogP contribution is 2.39. The third-order valence-corrected chi connectivity index (χ3v) is 9.42. The summed E-state index contributed by atoms with van der Waals surface area (Å²) in [5.41, 5.74) is 3.75. The largest absolute Gasteiger partial charge is 0.484 e. The van der Waals surface area contributed by atoms with Crippen molar-refractivity contribution in [2.45, 2.75) is 96.3 Å². The van der Waals surface area contributed by atoms with Crippen LogP contribution in [0.25, 0.3) is 5.65 Å². The van der Waals surface area contributed by atoms with Gasteiger partial charge in [0.05, 0.1) is 18.3 Å². The fraction of sp³-hybridized carbons (Fsp3) is 0.500. The van der Waals surface area contributed by atoms with Crippen molar-refractivity contribution in [1.29, 1.82) is 0 Å². The van der Waals surface area contributed by atoms with Crippen molar-refractivity contribution >= 4 is 23.3 Å². The molecule has 3 amide bonds. The van der Waals surface area contributed by atoms with E-state index in [1.807, 2.05) is 67.8 Å². The molecule has 0 unspecified atom stereocenters. The Morgan fingerprint density at radius 1 is 0.920 bits per heavy atom. The number of likely N-dealkylation sites (tertiary alicyclic amines) is 1. The van der Waals surface area contributed by atoms with Crippen LogP contribution >= 0.6 is 0 Å². The van der Waals surface area contributed by atoms with Gasteiger partial charge in [0.2, 0.25) is 0 Å². The number of hydrogen-bond donors (Lipinski definition) is 4. The van der Waals surface area contributed by atoms with Crippen molar-refractivity contribution in [3.8, 4) is 5.75 Å². The summed E-state index contributed by atoms with van der Waals surface area (Å²) in [6.07, 6.45) is 4.43. The van der Waals surface area contributed by atoms with Gasteiger partial charge < -0.3 is 30.7 Å². The molecule has 2 aliphatic rings. The lowest BCUT2D eigenvalue weighted by Gasteiger charge is -2.32. The summed E-state index contributed by atoms with van der Waals surface area (Å²) in [5.74, 6) is 1.30. The van der Waals surface area contributed by atoms with E-state index in [0.717, 1.165) is 54.3 Å². The lowest BCUT2D eigenvalue weighted by Crippen LogP contribution is -2.41. The molecule has 1 aliphatic heterocycles. The van der Waals surface area contributed by atoms with Crippen molar-refractivity contribution < 1.29 is 19.4 Å². The molecule has 4 heterocycles. The molecule has 0 radical (unpaired) electrons. The van der Waals surface area contributed by atoms with E-state index in [1.54, 1.807) is 6.07 Å². The van der Waals surface area contributed by atoms with Crippen LogP contribution in [0.3, 0.4) is 0 Å². The monoisotopic (exact) mass is 682 g/mol. The number of rotatable bonds is 8. The number of fused-ring (bicyclic) bond motifs is 2. The van der Waals surface area contributed by atoms with Gasteiger partial charge >= 0.3 is 6.03 Å². The summed E-state index contributed by atoms with van der Waals surface area (Å²) in [7, 11) is 0. The van der Waals surface area contributed by atoms with E-state index in [0.29, 0.717) is 37.3 Å². The number of carbonyl (C=O) groups excluding carboxylic acids is 2. The van der Waals surface area contributed by atoms with Gasteiger partial charge in [-0.15, -0.1) is 10.2 Å². The molecule has 12 heteroatoms. The Kier molecular flexibility index (Phi) is 10.1. The summed E-state index contributed by atoms with van der Waals surface area (Å²) in [5, 5.41) is 27.6. The van der Waals surface area contributed by atoms with Gasteiger partial charge in [-0.3, -0.25) is 9.20 Å². The molecule has 1 saturated heterocycles. The van der Waals surface area contributed by atoms with Crippen LogP contribution in [0.5, 0.6) is 5.75 Å². The second-order valence-corrected chi connectivity index (χ2v) is 15.5. The van der Waals surface area contributed by atoms with Crippen LogP contribution in [-0.4, -0.2) is 73.8 Å². The average Bonchev–Trinajstić information content (AvgIpc) is 3.50. The molecular weight excluding hydrogens is 632 g/mol. The van der Waals surface area contributed by atoms with E-state index < -0.39 is 0 Å². The van der Waals surface area contributed by atoms with Gasteiger partial charge in [0.15, 0.2) is 5.65 Å². The molecule has 2 atom stereocenters. The average molecular weight is 683 g/mol. The smallest absolute Gasteiger partial charge is 0.319 e. The fourth-order valence-electron chi connectivity index (χ4n) is 6.63. The third-order valence-electron chi connectivity index (χ3n) is 9.42. The molecule has 12 nitrogen and oxygen atoms in total. The highest BCUT2D eigenvalue weighted by Gasteiger charge is 2.30. The number of nitrogens with one attached hydrogen (secondary N) is 3. The Hall–Kier alpha value is -4.55. The van der Waals surface area contributed by atoms with Gasteiger partial charge in [-0.2, -0.15) is 0 Å². The Bertz CT molecular complexity index is 1830. The normalized spacial score (nSPS) is 18.8. The van der Waals surface area contributed by atoms with Crippen molar-refractivity contribution in [3.05, 3.63) is 83.1 Å². The zero-order valence-corrected chi connectivity index (χ0v) is 30.0. The topological polar surface area (TPSA) is 146 Å². The number of aromatic nitrogens is 4. The van der Waals surface area contributed by atoms with Crippen LogP contribution in [0, 0.1) is 0 Å². The molecule has 266 valence electrons. The van der Waals surface area contributed by atoms with Crippen molar-refractivity contribution in [2.24, 2.45) is 0 Å². The molecule has 6 rings (SSSR count). The molecule has 1 fully saturated rings. The summed E-state index contributed by atoms with van der Waals surface area (Å²) in [4.78, 5) is 33.6.